The number of benzene rings is 2. The molecule has 3 rings (SSSR count). The maximum absolute atomic E-state index is 11.3. The lowest BCUT2D eigenvalue weighted by molar-refractivity contribution is -0.0360. The Balaban J connectivity index is 1.71. The van der Waals surface area contributed by atoms with Crippen LogP contribution in [0.3, 0.4) is 0 Å². The van der Waals surface area contributed by atoms with Crippen LogP contribution in [0.1, 0.15) is 30.9 Å². The number of hydrogen-bond acceptors (Lipinski definition) is 5. The third-order valence-electron chi connectivity index (χ3n) is 5.63. The fourth-order valence-corrected chi connectivity index (χ4v) is 3.93. The van der Waals surface area contributed by atoms with Gasteiger partial charge in [0.15, 0.2) is 11.5 Å². The van der Waals surface area contributed by atoms with Crippen molar-refractivity contribution < 1.29 is 19.3 Å². The van der Waals surface area contributed by atoms with Crippen LogP contribution in [0.4, 0.5) is 0 Å². The van der Waals surface area contributed by atoms with Crippen LogP contribution in [0.15, 0.2) is 48.5 Å². The second kappa shape index (κ2) is 9.33. The molecule has 29 heavy (non-hydrogen) atoms. The molecule has 2 aromatic carbocycles. The van der Waals surface area contributed by atoms with Crippen molar-refractivity contribution in [2.45, 2.75) is 31.9 Å². The van der Waals surface area contributed by atoms with Gasteiger partial charge in [0, 0.05) is 13.1 Å². The predicted octanol–water partition coefficient (Wildman–Crippen LogP) is 4.14. The SMILES string of the molecule is COc1ccc(/C(C)=C/[C@]2(O)CCCN2CCc2ccc(OC)c(OC)c2)cc1. The van der Waals surface area contributed by atoms with Crippen molar-refractivity contribution in [3.63, 3.8) is 0 Å². The maximum Gasteiger partial charge on any atom is 0.160 e. The molecule has 5 heteroatoms. The predicted molar refractivity (Wildman–Crippen MR) is 116 cm³/mol. The maximum atomic E-state index is 11.3. The molecule has 0 unspecified atom stereocenters. The highest BCUT2D eigenvalue weighted by molar-refractivity contribution is 5.65. The van der Waals surface area contributed by atoms with E-state index in [0.717, 1.165) is 66.3 Å². The smallest absolute Gasteiger partial charge is 0.160 e. The zero-order chi connectivity index (χ0) is 20.9. The van der Waals surface area contributed by atoms with E-state index in [1.807, 2.05) is 49.4 Å². The van der Waals surface area contributed by atoms with E-state index >= 15 is 0 Å². The Morgan fingerprint density at radius 1 is 1.03 bits per heavy atom. The summed E-state index contributed by atoms with van der Waals surface area (Å²) >= 11 is 0. The molecule has 0 saturated carbocycles. The van der Waals surface area contributed by atoms with Gasteiger partial charge in [-0.25, -0.2) is 0 Å². The van der Waals surface area contributed by atoms with Crippen molar-refractivity contribution in [1.29, 1.82) is 0 Å². The van der Waals surface area contributed by atoms with Crippen LogP contribution < -0.4 is 14.2 Å². The molecular formula is C24H31NO4. The largest absolute Gasteiger partial charge is 0.497 e. The first kappa shape index (κ1) is 21.2. The Morgan fingerprint density at radius 2 is 1.76 bits per heavy atom. The fourth-order valence-electron chi connectivity index (χ4n) is 3.93. The Morgan fingerprint density at radius 3 is 2.41 bits per heavy atom. The molecule has 0 aliphatic carbocycles. The van der Waals surface area contributed by atoms with Crippen LogP contribution in [0.25, 0.3) is 5.57 Å². The van der Waals surface area contributed by atoms with Crippen LogP contribution in [-0.2, 0) is 6.42 Å². The highest BCUT2D eigenvalue weighted by atomic mass is 16.5. The van der Waals surface area contributed by atoms with Gasteiger partial charge in [0.25, 0.3) is 0 Å². The molecule has 0 bridgehead atoms. The summed E-state index contributed by atoms with van der Waals surface area (Å²) in [5.41, 5.74) is 2.40. The van der Waals surface area contributed by atoms with E-state index < -0.39 is 5.72 Å². The molecule has 1 heterocycles. The van der Waals surface area contributed by atoms with E-state index in [4.69, 9.17) is 14.2 Å². The van der Waals surface area contributed by atoms with Gasteiger partial charge in [-0.3, -0.25) is 4.90 Å². The molecule has 1 fully saturated rings. The number of aliphatic hydroxyl groups is 1. The highest BCUT2D eigenvalue weighted by Gasteiger charge is 2.36. The number of likely N-dealkylation sites (tertiary alicyclic amines) is 1. The second-order valence-electron chi connectivity index (χ2n) is 7.46. The number of nitrogens with zero attached hydrogens (tertiary/aromatic N) is 1. The second-order valence-corrected chi connectivity index (χ2v) is 7.46. The van der Waals surface area contributed by atoms with Crippen molar-refractivity contribution in [2.75, 3.05) is 34.4 Å². The van der Waals surface area contributed by atoms with E-state index in [2.05, 4.69) is 11.0 Å². The average molecular weight is 398 g/mol. The summed E-state index contributed by atoms with van der Waals surface area (Å²) in [7, 11) is 4.95. The van der Waals surface area contributed by atoms with Crippen molar-refractivity contribution in [2.24, 2.45) is 0 Å². The molecule has 1 atom stereocenters. The zero-order valence-electron chi connectivity index (χ0n) is 17.8. The summed E-state index contributed by atoms with van der Waals surface area (Å²) in [6, 6.07) is 13.9. The number of hydrogen-bond donors (Lipinski definition) is 1. The van der Waals surface area contributed by atoms with Gasteiger partial charge >= 0.3 is 0 Å². The molecule has 2 aromatic rings. The van der Waals surface area contributed by atoms with Gasteiger partial charge < -0.3 is 19.3 Å². The standard InChI is InChI=1S/C24H31NO4/c1-18(20-7-9-21(27-2)10-8-20)17-24(26)13-5-14-25(24)15-12-19-6-11-22(28-3)23(16-19)29-4/h6-11,16-17,26H,5,12-15H2,1-4H3/b18-17+/t24-/m1/s1. The lowest BCUT2D eigenvalue weighted by Gasteiger charge is -2.32. The first-order valence-electron chi connectivity index (χ1n) is 10.0. The highest BCUT2D eigenvalue weighted by Crippen LogP contribution is 2.32. The quantitative estimate of drug-likeness (QED) is 0.725. The topological polar surface area (TPSA) is 51.2 Å². The minimum absolute atomic E-state index is 0.729. The van der Waals surface area contributed by atoms with Crippen LogP contribution >= 0.6 is 0 Å². The summed E-state index contributed by atoms with van der Waals surface area (Å²) in [4.78, 5) is 2.16. The summed E-state index contributed by atoms with van der Waals surface area (Å²) in [5, 5.41) is 11.3. The van der Waals surface area contributed by atoms with E-state index in [1.54, 1.807) is 21.3 Å². The van der Waals surface area contributed by atoms with E-state index in [-0.39, 0.29) is 0 Å². The number of methoxy groups -OCH3 is 3. The van der Waals surface area contributed by atoms with Gasteiger partial charge in [0.2, 0.25) is 0 Å². The molecule has 1 aliphatic rings. The molecule has 0 amide bonds. The van der Waals surface area contributed by atoms with Crippen molar-refractivity contribution >= 4 is 5.57 Å². The van der Waals surface area contributed by atoms with Crippen molar-refractivity contribution in [3.8, 4) is 17.2 Å². The molecule has 1 aliphatic heterocycles. The normalized spacial score (nSPS) is 20.0. The van der Waals surface area contributed by atoms with Crippen molar-refractivity contribution in [3.05, 3.63) is 59.7 Å². The lowest BCUT2D eigenvalue weighted by Crippen LogP contribution is -2.43. The van der Waals surface area contributed by atoms with Crippen LogP contribution in [-0.4, -0.2) is 50.2 Å². The van der Waals surface area contributed by atoms with Gasteiger partial charge in [0.1, 0.15) is 11.5 Å². The summed E-state index contributed by atoms with van der Waals surface area (Å²) in [6.07, 6.45) is 4.55. The Bertz CT molecular complexity index is 846. The third kappa shape index (κ3) is 4.92. The Kier molecular flexibility index (Phi) is 6.83. The molecule has 5 nitrogen and oxygen atoms in total. The van der Waals surface area contributed by atoms with E-state index in [9.17, 15) is 5.11 Å². The van der Waals surface area contributed by atoms with Gasteiger partial charge in [-0.15, -0.1) is 0 Å². The minimum atomic E-state index is -0.916. The van der Waals surface area contributed by atoms with Gasteiger partial charge in [-0.05, 0) is 73.2 Å². The molecule has 0 aromatic heterocycles. The van der Waals surface area contributed by atoms with E-state index in [0.29, 0.717) is 0 Å². The third-order valence-corrected chi connectivity index (χ3v) is 5.63. The first-order chi connectivity index (χ1) is 14.0. The molecule has 1 N–H and O–H groups in total. The molecule has 0 spiro atoms. The first-order valence-corrected chi connectivity index (χ1v) is 10.0. The summed E-state index contributed by atoms with van der Waals surface area (Å²) < 4.78 is 15.9. The number of ether oxygens (including phenoxy) is 3. The molecular weight excluding hydrogens is 366 g/mol. The monoisotopic (exact) mass is 397 g/mol. The lowest BCUT2D eigenvalue weighted by atomic mass is 10.0. The Hall–Kier alpha value is -2.50. The number of rotatable bonds is 8. The van der Waals surface area contributed by atoms with Crippen LogP contribution in [0.2, 0.25) is 0 Å². The summed E-state index contributed by atoms with van der Waals surface area (Å²) in [6.45, 7) is 3.71. The zero-order valence-corrected chi connectivity index (χ0v) is 17.8. The minimum Gasteiger partial charge on any atom is -0.497 e. The molecule has 156 valence electrons. The van der Waals surface area contributed by atoms with Gasteiger partial charge in [0.05, 0.1) is 21.3 Å². The Labute approximate surface area is 173 Å². The van der Waals surface area contributed by atoms with Crippen molar-refractivity contribution in [1.82, 2.24) is 4.90 Å². The van der Waals surface area contributed by atoms with Crippen LogP contribution in [0.5, 0.6) is 17.2 Å². The van der Waals surface area contributed by atoms with Crippen LogP contribution in [0, 0.1) is 0 Å². The summed E-state index contributed by atoms with van der Waals surface area (Å²) in [5.74, 6) is 2.29. The fraction of sp³-hybridized carbons (Fsp3) is 0.417. The van der Waals surface area contributed by atoms with E-state index in [1.165, 1.54) is 0 Å². The molecule has 1 saturated heterocycles. The average Bonchev–Trinajstić information content (AvgIpc) is 3.11. The van der Waals surface area contributed by atoms with Gasteiger partial charge in [-0.1, -0.05) is 18.2 Å². The van der Waals surface area contributed by atoms with Gasteiger partial charge in [-0.2, -0.15) is 0 Å². The number of allylic oxidation sites excluding steroid dienone is 1. The molecule has 0 radical (unpaired) electrons.